The highest BCUT2D eigenvalue weighted by Crippen LogP contribution is 2.18. The quantitative estimate of drug-likeness (QED) is 0.880. The van der Waals surface area contributed by atoms with Crippen molar-refractivity contribution in [3.63, 3.8) is 0 Å². The van der Waals surface area contributed by atoms with Gasteiger partial charge >= 0.3 is 0 Å². The second-order valence-corrected chi connectivity index (χ2v) is 4.76. The number of hydrogen-bond donors (Lipinski definition) is 1. The van der Waals surface area contributed by atoms with Gasteiger partial charge in [-0.25, -0.2) is 0 Å². The molecule has 1 aliphatic heterocycles. The number of hydrogen-bond acceptors (Lipinski definition) is 3. The van der Waals surface area contributed by atoms with Gasteiger partial charge in [0.15, 0.2) is 0 Å². The maximum absolute atomic E-state index is 4.01. The molecule has 1 atom stereocenters. The molecule has 1 unspecified atom stereocenters. The predicted molar refractivity (Wildman–Crippen MR) is 68.6 cm³/mol. The number of halogens is 1. The van der Waals surface area contributed by atoms with Crippen molar-refractivity contribution in [2.75, 3.05) is 18.8 Å². The van der Waals surface area contributed by atoms with Crippen molar-refractivity contribution in [3.8, 4) is 0 Å². The molecule has 0 amide bonds. The number of pyridine rings is 1. The molecule has 84 valence electrons. The number of rotatable bonds is 4. The molecule has 2 rings (SSSR count). The van der Waals surface area contributed by atoms with Gasteiger partial charge in [0.05, 0.1) is 0 Å². The first-order valence-electron chi connectivity index (χ1n) is 5.12. The third-order valence-corrected chi connectivity index (χ3v) is 3.78. The Labute approximate surface area is 102 Å². The number of thioether (sulfide) groups is 1. The van der Waals surface area contributed by atoms with Gasteiger partial charge in [0.1, 0.15) is 0 Å². The Balaban J connectivity index is 0.00000112. The highest BCUT2D eigenvalue weighted by Gasteiger charge is 2.13. The van der Waals surface area contributed by atoms with E-state index < -0.39 is 0 Å². The van der Waals surface area contributed by atoms with E-state index in [-0.39, 0.29) is 12.4 Å². The molecule has 0 aliphatic carbocycles. The van der Waals surface area contributed by atoms with Crippen molar-refractivity contribution in [2.45, 2.75) is 12.2 Å². The second kappa shape index (κ2) is 7.09. The molecule has 2 nitrogen and oxygen atoms in total. The first-order valence-corrected chi connectivity index (χ1v) is 6.28. The summed E-state index contributed by atoms with van der Waals surface area (Å²) in [4.78, 5) is 4.01. The topological polar surface area (TPSA) is 24.9 Å². The summed E-state index contributed by atoms with van der Waals surface area (Å²) in [6.45, 7) is 2.42. The maximum Gasteiger partial charge on any atom is 0.0270 e. The number of aromatic nitrogens is 1. The van der Waals surface area contributed by atoms with Crippen LogP contribution in [0.15, 0.2) is 24.5 Å². The lowest BCUT2D eigenvalue weighted by atomic mass is 10.2. The van der Waals surface area contributed by atoms with Crippen LogP contribution in [0.25, 0.3) is 0 Å². The lowest BCUT2D eigenvalue weighted by Gasteiger charge is -2.07. The van der Waals surface area contributed by atoms with Crippen molar-refractivity contribution >= 4 is 24.2 Å². The van der Waals surface area contributed by atoms with Crippen LogP contribution < -0.4 is 5.32 Å². The highest BCUT2D eigenvalue weighted by molar-refractivity contribution is 7.98. The minimum atomic E-state index is 0. The second-order valence-electron chi connectivity index (χ2n) is 3.73. The van der Waals surface area contributed by atoms with Crippen molar-refractivity contribution in [1.82, 2.24) is 10.3 Å². The Morgan fingerprint density at radius 2 is 2.20 bits per heavy atom. The molecule has 0 saturated carbocycles. The zero-order valence-electron chi connectivity index (χ0n) is 8.69. The van der Waals surface area contributed by atoms with Gasteiger partial charge < -0.3 is 5.32 Å². The molecule has 0 spiro atoms. The van der Waals surface area contributed by atoms with Crippen LogP contribution in [-0.2, 0) is 5.75 Å². The Bertz CT molecular complexity index is 263. The fraction of sp³-hybridized carbons (Fsp3) is 0.545. The van der Waals surface area contributed by atoms with E-state index in [0.717, 1.165) is 11.7 Å². The van der Waals surface area contributed by atoms with Gasteiger partial charge in [-0.2, -0.15) is 11.8 Å². The zero-order valence-corrected chi connectivity index (χ0v) is 10.3. The van der Waals surface area contributed by atoms with E-state index in [1.165, 1.54) is 30.8 Å². The molecule has 1 fully saturated rings. The fourth-order valence-corrected chi connectivity index (χ4v) is 2.84. The van der Waals surface area contributed by atoms with Crippen LogP contribution in [0.5, 0.6) is 0 Å². The minimum absolute atomic E-state index is 0. The van der Waals surface area contributed by atoms with E-state index >= 15 is 0 Å². The lowest BCUT2D eigenvalue weighted by Crippen LogP contribution is -2.10. The molecule has 4 heteroatoms. The Kier molecular flexibility index (Phi) is 6.06. The molecular formula is C11H17ClN2S. The minimum Gasteiger partial charge on any atom is -0.316 e. The van der Waals surface area contributed by atoms with Crippen LogP contribution in [0.1, 0.15) is 12.0 Å². The van der Waals surface area contributed by atoms with Gasteiger partial charge in [-0.05, 0) is 48.9 Å². The average molecular weight is 245 g/mol. The molecular weight excluding hydrogens is 228 g/mol. The Hall–Kier alpha value is -0.250. The summed E-state index contributed by atoms with van der Waals surface area (Å²) in [6.07, 6.45) is 5.09. The summed E-state index contributed by atoms with van der Waals surface area (Å²) < 4.78 is 0. The SMILES string of the molecule is Cl.c1cc(CSCC2CCNC2)ccn1. The molecule has 15 heavy (non-hydrogen) atoms. The normalized spacial score (nSPS) is 19.9. The van der Waals surface area contributed by atoms with E-state index in [1.807, 2.05) is 24.2 Å². The van der Waals surface area contributed by atoms with E-state index in [2.05, 4.69) is 22.4 Å². The van der Waals surface area contributed by atoms with Gasteiger partial charge in [-0.1, -0.05) is 0 Å². The third kappa shape index (κ3) is 4.41. The summed E-state index contributed by atoms with van der Waals surface area (Å²) >= 11 is 2.04. The molecule has 1 N–H and O–H groups in total. The van der Waals surface area contributed by atoms with E-state index in [9.17, 15) is 0 Å². The number of nitrogens with zero attached hydrogens (tertiary/aromatic N) is 1. The molecule has 1 aliphatic rings. The van der Waals surface area contributed by atoms with Gasteiger partial charge in [-0.15, -0.1) is 12.4 Å². The molecule has 1 aromatic heterocycles. The average Bonchev–Trinajstić information content (AvgIpc) is 2.72. The van der Waals surface area contributed by atoms with Crippen LogP contribution in [0, 0.1) is 5.92 Å². The lowest BCUT2D eigenvalue weighted by molar-refractivity contribution is 0.662. The summed E-state index contributed by atoms with van der Waals surface area (Å²) in [5, 5.41) is 3.40. The summed E-state index contributed by atoms with van der Waals surface area (Å²) in [5.74, 6) is 3.30. The zero-order chi connectivity index (χ0) is 9.64. The summed E-state index contributed by atoms with van der Waals surface area (Å²) in [6, 6.07) is 4.19. The van der Waals surface area contributed by atoms with Crippen LogP contribution in [-0.4, -0.2) is 23.8 Å². The van der Waals surface area contributed by atoms with Crippen LogP contribution in [0.4, 0.5) is 0 Å². The van der Waals surface area contributed by atoms with Crippen molar-refractivity contribution in [1.29, 1.82) is 0 Å². The Morgan fingerprint density at radius 1 is 1.40 bits per heavy atom. The van der Waals surface area contributed by atoms with Crippen molar-refractivity contribution < 1.29 is 0 Å². The van der Waals surface area contributed by atoms with Gasteiger partial charge in [-0.3, -0.25) is 4.98 Å². The molecule has 1 saturated heterocycles. The van der Waals surface area contributed by atoms with Crippen molar-refractivity contribution in [2.24, 2.45) is 5.92 Å². The Morgan fingerprint density at radius 3 is 2.87 bits per heavy atom. The summed E-state index contributed by atoms with van der Waals surface area (Å²) in [5.41, 5.74) is 1.39. The maximum atomic E-state index is 4.01. The van der Waals surface area contributed by atoms with Crippen LogP contribution in [0.3, 0.4) is 0 Å². The molecule has 0 radical (unpaired) electrons. The largest absolute Gasteiger partial charge is 0.316 e. The highest BCUT2D eigenvalue weighted by atomic mass is 35.5. The smallest absolute Gasteiger partial charge is 0.0270 e. The van der Waals surface area contributed by atoms with E-state index in [4.69, 9.17) is 0 Å². The molecule has 2 heterocycles. The summed E-state index contributed by atoms with van der Waals surface area (Å²) in [7, 11) is 0. The van der Waals surface area contributed by atoms with Gasteiger partial charge in [0.25, 0.3) is 0 Å². The molecule has 0 aromatic carbocycles. The van der Waals surface area contributed by atoms with Gasteiger partial charge in [0, 0.05) is 18.1 Å². The van der Waals surface area contributed by atoms with E-state index in [1.54, 1.807) is 0 Å². The third-order valence-electron chi connectivity index (χ3n) is 2.53. The fourth-order valence-electron chi connectivity index (χ4n) is 1.68. The van der Waals surface area contributed by atoms with E-state index in [0.29, 0.717) is 0 Å². The van der Waals surface area contributed by atoms with Crippen molar-refractivity contribution in [3.05, 3.63) is 30.1 Å². The first-order chi connectivity index (χ1) is 6.95. The number of nitrogens with one attached hydrogen (secondary N) is 1. The molecule has 1 aromatic rings. The predicted octanol–water partition coefficient (Wildman–Crippen LogP) is 2.35. The van der Waals surface area contributed by atoms with Crippen LogP contribution in [0.2, 0.25) is 0 Å². The standard InChI is InChI=1S/C11H16N2S.ClH/c1-4-12-5-2-10(1)8-14-9-11-3-6-13-7-11;/h1-2,4-5,11,13H,3,6-9H2;1H. The monoisotopic (exact) mass is 244 g/mol. The first kappa shape index (κ1) is 12.8. The van der Waals surface area contributed by atoms with Crippen LogP contribution >= 0.6 is 24.2 Å². The van der Waals surface area contributed by atoms with Gasteiger partial charge in [0.2, 0.25) is 0 Å². The molecule has 0 bridgehead atoms.